The Kier molecular flexibility index (Phi) is 1.99. The lowest BCUT2D eigenvalue weighted by Gasteiger charge is -2.01. The van der Waals surface area contributed by atoms with Crippen LogP contribution in [0.2, 0.25) is 0 Å². The number of aromatic nitrogens is 3. The van der Waals surface area contributed by atoms with Gasteiger partial charge in [-0.3, -0.25) is 0 Å². The van der Waals surface area contributed by atoms with E-state index in [1.165, 1.54) is 24.1 Å². The number of nitrogens with zero attached hydrogens (tertiary/aromatic N) is 3. The first kappa shape index (κ1) is 9.21. The molecule has 1 saturated carbocycles. The van der Waals surface area contributed by atoms with Crippen molar-refractivity contribution in [3.05, 3.63) is 23.5 Å². The van der Waals surface area contributed by atoms with Crippen molar-refractivity contribution in [2.75, 3.05) is 6.26 Å². The minimum absolute atomic E-state index is 0.708. The summed E-state index contributed by atoms with van der Waals surface area (Å²) in [7, 11) is 0. The van der Waals surface area contributed by atoms with Crippen LogP contribution in [0.25, 0.3) is 5.52 Å². The predicted octanol–water partition coefficient (Wildman–Crippen LogP) is 2.64. The smallest absolute Gasteiger partial charge is 0.189 e. The standard InChI is InChI=1S/C11H13N3S/c1-7-5-9-6-10(8-3-4-8)13-14(9)11(12-7)15-2/h5-6,8H,3-4H2,1-2H3. The first-order valence-corrected chi connectivity index (χ1v) is 6.42. The van der Waals surface area contributed by atoms with Crippen molar-refractivity contribution in [3.8, 4) is 0 Å². The van der Waals surface area contributed by atoms with Gasteiger partial charge >= 0.3 is 0 Å². The predicted molar refractivity (Wildman–Crippen MR) is 61.5 cm³/mol. The third-order valence-corrected chi connectivity index (χ3v) is 3.37. The second-order valence-electron chi connectivity index (χ2n) is 4.06. The molecule has 0 amide bonds. The van der Waals surface area contributed by atoms with Gasteiger partial charge in [-0.25, -0.2) is 9.50 Å². The Hall–Kier alpha value is -1.03. The molecule has 2 heterocycles. The van der Waals surface area contributed by atoms with E-state index in [0.29, 0.717) is 5.92 Å². The highest BCUT2D eigenvalue weighted by atomic mass is 32.2. The Morgan fingerprint density at radius 1 is 1.40 bits per heavy atom. The van der Waals surface area contributed by atoms with E-state index in [0.717, 1.165) is 10.9 Å². The molecule has 0 atom stereocenters. The summed E-state index contributed by atoms with van der Waals surface area (Å²) in [4.78, 5) is 4.48. The van der Waals surface area contributed by atoms with Crippen LogP contribution in [0, 0.1) is 6.92 Å². The maximum absolute atomic E-state index is 4.62. The van der Waals surface area contributed by atoms with Crippen LogP contribution >= 0.6 is 11.8 Å². The van der Waals surface area contributed by atoms with E-state index >= 15 is 0 Å². The van der Waals surface area contributed by atoms with Crippen LogP contribution in [0.5, 0.6) is 0 Å². The van der Waals surface area contributed by atoms with Crippen molar-refractivity contribution in [1.29, 1.82) is 0 Å². The third kappa shape index (κ3) is 1.53. The molecule has 2 aromatic rings. The van der Waals surface area contributed by atoms with E-state index in [9.17, 15) is 0 Å². The fraction of sp³-hybridized carbons (Fsp3) is 0.455. The van der Waals surface area contributed by atoms with Crippen molar-refractivity contribution in [3.63, 3.8) is 0 Å². The number of thioether (sulfide) groups is 1. The summed E-state index contributed by atoms with van der Waals surface area (Å²) in [5, 5.41) is 5.60. The average molecular weight is 219 g/mol. The van der Waals surface area contributed by atoms with E-state index in [1.807, 2.05) is 17.7 Å². The van der Waals surface area contributed by atoms with Gasteiger partial charge in [-0.1, -0.05) is 11.8 Å². The number of hydrogen-bond donors (Lipinski definition) is 0. The van der Waals surface area contributed by atoms with Crippen LogP contribution in [0.15, 0.2) is 17.3 Å². The summed E-state index contributed by atoms with van der Waals surface area (Å²) in [6.07, 6.45) is 4.63. The molecule has 1 aliphatic rings. The molecular formula is C11H13N3S. The summed E-state index contributed by atoms with van der Waals surface area (Å²) in [6, 6.07) is 4.30. The molecule has 0 bridgehead atoms. The molecule has 3 nitrogen and oxygen atoms in total. The van der Waals surface area contributed by atoms with Gasteiger partial charge in [0.1, 0.15) is 0 Å². The fourth-order valence-corrected chi connectivity index (χ4v) is 2.38. The van der Waals surface area contributed by atoms with E-state index in [-0.39, 0.29) is 0 Å². The first-order valence-electron chi connectivity index (χ1n) is 5.19. The van der Waals surface area contributed by atoms with E-state index in [1.54, 1.807) is 11.8 Å². The van der Waals surface area contributed by atoms with Crippen molar-refractivity contribution in [1.82, 2.24) is 14.6 Å². The van der Waals surface area contributed by atoms with Crippen LogP contribution in [0.4, 0.5) is 0 Å². The Labute approximate surface area is 92.9 Å². The zero-order chi connectivity index (χ0) is 10.4. The molecule has 0 spiro atoms. The number of fused-ring (bicyclic) bond motifs is 1. The maximum atomic E-state index is 4.62. The maximum Gasteiger partial charge on any atom is 0.189 e. The SMILES string of the molecule is CSc1nc(C)cc2cc(C3CC3)nn12. The van der Waals surface area contributed by atoms with Crippen LogP contribution in [0.3, 0.4) is 0 Å². The molecule has 0 aromatic carbocycles. The second kappa shape index (κ2) is 3.23. The van der Waals surface area contributed by atoms with E-state index in [2.05, 4.69) is 22.2 Å². The zero-order valence-electron chi connectivity index (χ0n) is 8.90. The van der Waals surface area contributed by atoms with Gasteiger partial charge in [-0.15, -0.1) is 0 Å². The van der Waals surface area contributed by atoms with E-state index in [4.69, 9.17) is 0 Å². The summed E-state index contributed by atoms with van der Waals surface area (Å²) in [6.45, 7) is 2.03. The highest BCUT2D eigenvalue weighted by Crippen LogP contribution is 2.39. The molecule has 78 valence electrons. The van der Waals surface area contributed by atoms with Crippen LogP contribution in [-0.2, 0) is 0 Å². The zero-order valence-corrected chi connectivity index (χ0v) is 9.71. The van der Waals surface area contributed by atoms with Crippen LogP contribution in [0.1, 0.15) is 30.1 Å². The van der Waals surface area contributed by atoms with Crippen molar-refractivity contribution in [2.45, 2.75) is 30.8 Å². The largest absolute Gasteiger partial charge is 0.228 e. The number of aryl methyl sites for hydroxylation is 1. The lowest BCUT2D eigenvalue weighted by Crippen LogP contribution is -1.97. The fourth-order valence-electron chi connectivity index (χ4n) is 1.83. The third-order valence-electron chi connectivity index (χ3n) is 2.74. The molecule has 0 saturated heterocycles. The van der Waals surface area contributed by atoms with Gasteiger partial charge < -0.3 is 0 Å². The normalized spacial score (nSPS) is 16.1. The Morgan fingerprint density at radius 2 is 2.20 bits per heavy atom. The molecule has 2 aromatic heterocycles. The van der Waals surface area contributed by atoms with Gasteiger partial charge in [-0.05, 0) is 38.2 Å². The molecule has 0 unspecified atom stereocenters. The van der Waals surface area contributed by atoms with Crippen molar-refractivity contribution in [2.24, 2.45) is 0 Å². The molecule has 0 aliphatic heterocycles. The summed E-state index contributed by atoms with van der Waals surface area (Å²) < 4.78 is 1.96. The van der Waals surface area contributed by atoms with Gasteiger partial charge in [0.2, 0.25) is 0 Å². The highest BCUT2D eigenvalue weighted by molar-refractivity contribution is 7.98. The number of hydrogen-bond acceptors (Lipinski definition) is 3. The van der Waals surface area contributed by atoms with Crippen molar-refractivity contribution < 1.29 is 0 Å². The minimum Gasteiger partial charge on any atom is -0.228 e. The topological polar surface area (TPSA) is 30.2 Å². The lowest BCUT2D eigenvalue weighted by atomic mass is 10.3. The Bertz CT molecular complexity index is 514. The molecule has 15 heavy (non-hydrogen) atoms. The average Bonchev–Trinajstić information content (AvgIpc) is 2.98. The molecule has 4 heteroatoms. The van der Waals surface area contributed by atoms with Gasteiger partial charge in [0.25, 0.3) is 0 Å². The quantitative estimate of drug-likeness (QED) is 0.574. The number of rotatable bonds is 2. The Balaban J connectivity index is 2.23. The lowest BCUT2D eigenvalue weighted by molar-refractivity contribution is 0.763. The van der Waals surface area contributed by atoms with Crippen molar-refractivity contribution >= 4 is 17.3 Å². The Morgan fingerprint density at radius 3 is 2.87 bits per heavy atom. The highest BCUT2D eigenvalue weighted by Gasteiger charge is 2.26. The summed E-state index contributed by atoms with van der Waals surface area (Å²) >= 11 is 1.65. The molecule has 1 fully saturated rings. The van der Waals surface area contributed by atoms with Gasteiger partial charge in [0.15, 0.2) is 5.16 Å². The van der Waals surface area contributed by atoms with Crippen LogP contribution < -0.4 is 0 Å². The van der Waals surface area contributed by atoms with Crippen LogP contribution in [-0.4, -0.2) is 20.9 Å². The molecule has 1 aliphatic carbocycles. The van der Waals surface area contributed by atoms with E-state index < -0.39 is 0 Å². The van der Waals surface area contributed by atoms with Gasteiger partial charge in [0, 0.05) is 11.6 Å². The molecule has 3 rings (SSSR count). The van der Waals surface area contributed by atoms with Gasteiger partial charge in [0.05, 0.1) is 11.2 Å². The first-order chi connectivity index (χ1) is 7.28. The minimum atomic E-state index is 0.708. The summed E-state index contributed by atoms with van der Waals surface area (Å²) in [5.41, 5.74) is 3.47. The van der Waals surface area contributed by atoms with Gasteiger partial charge in [-0.2, -0.15) is 5.10 Å². The molecule has 0 radical (unpaired) electrons. The molecule has 0 N–H and O–H groups in total. The monoisotopic (exact) mass is 219 g/mol. The summed E-state index contributed by atoms with van der Waals surface area (Å²) in [5.74, 6) is 0.708. The second-order valence-corrected chi connectivity index (χ2v) is 4.84. The molecular weight excluding hydrogens is 206 g/mol.